The first-order valence-electron chi connectivity index (χ1n) is 8.09. The molecule has 0 saturated heterocycles. The molecule has 0 spiro atoms. The van der Waals surface area contributed by atoms with Crippen molar-refractivity contribution in [3.8, 4) is 5.75 Å². The Kier molecular flexibility index (Phi) is 11.0. The summed E-state index contributed by atoms with van der Waals surface area (Å²) in [6, 6.07) is 12.5. The van der Waals surface area contributed by atoms with Crippen LogP contribution in [-0.4, -0.2) is 25.7 Å². The number of para-hydroxylation sites is 1. The molecule has 1 N–H and O–H groups in total. The fourth-order valence-corrected chi connectivity index (χ4v) is 2.25. The molecule has 2 rings (SSSR count). The molecule has 0 radical (unpaired) electrons. The zero-order chi connectivity index (χ0) is 19.4. The average Bonchev–Trinajstić information content (AvgIpc) is 2.64. The van der Waals surface area contributed by atoms with E-state index in [0.717, 1.165) is 5.69 Å². The van der Waals surface area contributed by atoms with Gasteiger partial charge in [-0.05, 0) is 44.2 Å². The van der Waals surface area contributed by atoms with E-state index in [0.29, 0.717) is 21.9 Å². The van der Waals surface area contributed by atoms with E-state index in [1.807, 2.05) is 46.6 Å². The Labute approximate surface area is 155 Å². The molecule has 0 aliphatic rings. The Bertz CT molecular complexity index is 672. The van der Waals surface area contributed by atoms with Gasteiger partial charge in [-0.2, -0.15) is 0 Å². The monoisotopic (exact) mass is 363 g/mol. The number of halogens is 1. The van der Waals surface area contributed by atoms with Crippen molar-refractivity contribution in [3.05, 3.63) is 58.6 Å². The Morgan fingerprint density at radius 3 is 2.24 bits per heavy atom. The van der Waals surface area contributed by atoms with E-state index in [9.17, 15) is 4.79 Å². The highest BCUT2D eigenvalue weighted by Crippen LogP contribution is 2.27. The quantitative estimate of drug-likeness (QED) is 0.738. The van der Waals surface area contributed by atoms with Crippen LogP contribution in [0.4, 0.5) is 5.69 Å². The number of hydrogen-bond donors (Lipinski definition) is 1. The molecule has 136 valence electrons. The molecule has 0 heterocycles. The summed E-state index contributed by atoms with van der Waals surface area (Å²) < 4.78 is 5.72. The predicted molar refractivity (Wildman–Crippen MR) is 105 cm³/mol. The molecule has 0 fully saturated rings. The molecule has 0 aliphatic heterocycles. The van der Waals surface area contributed by atoms with Gasteiger partial charge in [0.05, 0.1) is 11.7 Å². The van der Waals surface area contributed by atoms with Crippen LogP contribution >= 0.6 is 11.6 Å². The summed E-state index contributed by atoms with van der Waals surface area (Å²) >= 11 is 6.02. The van der Waals surface area contributed by atoms with E-state index in [1.165, 1.54) is 0 Å². The van der Waals surface area contributed by atoms with Gasteiger partial charge in [0.25, 0.3) is 0 Å². The lowest BCUT2D eigenvalue weighted by Crippen LogP contribution is -2.11. The van der Waals surface area contributed by atoms with E-state index in [2.05, 4.69) is 5.32 Å². The van der Waals surface area contributed by atoms with Crippen LogP contribution in [0, 0.1) is 0 Å². The lowest BCUT2D eigenvalue weighted by Gasteiger charge is -2.15. The molecule has 0 aliphatic carbocycles. The normalized spacial score (nSPS) is 9.24. The maximum atomic E-state index is 12.8. The van der Waals surface area contributed by atoms with Crippen LogP contribution in [0.1, 0.15) is 43.6 Å². The SMILES string of the molecule is C=O.CC.CNc1ccc(Cl)cc1C(=O)c1ccccc1OC(C)C. The molecule has 5 heteroatoms. The highest BCUT2D eigenvalue weighted by molar-refractivity contribution is 6.31. The van der Waals surface area contributed by atoms with Gasteiger partial charge in [0, 0.05) is 23.3 Å². The molecule has 0 atom stereocenters. The molecule has 25 heavy (non-hydrogen) atoms. The molecule has 0 amide bonds. The van der Waals surface area contributed by atoms with Crippen molar-refractivity contribution in [1.29, 1.82) is 0 Å². The Balaban J connectivity index is 0.00000134. The lowest BCUT2D eigenvalue weighted by molar-refractivity contribution is -0.0980. The van der Waals surface area contributed by atoms with E-state index in [4.69, 9.17) is 21.1 Å². The van der Waals surface area contributed by atoms with Crippen molar-refractivity contribution in [2.24, 2.45) is 0 Å². The number of anilines is 1. The number of carbonyl (C=O) groups is 2. The number of carbonyl (C=O) groups excluding carboxylic acids is 2. The molecular weight excluding hydrogens is 338 g/mol. The topological polar surface area (TPSA) is 55.4 Å². The summed E-state index contributed by atoms with van der Waals surface area (Å²) in [5.74, 6) is 0.470. The minimum Gasteiger partial charge on any atom is -0.490 e. The number of rotatable bonds is 5. The van der Waals surface area contributed by atoms with Crippen molar-refractivity contribution in [3.63, 3.8) is 0 Å². The second kappa shape index (κ2) is 12.1. The molecular formula is C20H26ClNO3. The Hall–Kier alpha value is -2.33. The predicted octanol–water partition coefficient (Wildman–Crippen LogP) is 5.24. The minimum atomic E-state index is -0.113. The third-order valence-electron chi connectivity index (χ3n) is 2.99. The van der Waals surface area contributed by atoms with Crippen LogP contribution in [0.25, 0.3) is 0 Å². The number of hydrogen-bond acceptors (Lipinski definition) is 4. The standard InChI is InChI=1S/C17H18ClNO2.C2H6.CH2O/c1-11(2)21-16-7-5-4-6-13(16)17(20)14-10-12(18)8-9-15(14)19-3;2*1-2/h4-11,19H,1-3H3;1-2H3;1H2. The molecule has 0 saturated carbocycles. The van der Waals surface area contributed by atoms with Gasteiger partial charge in [-0.25, -0.2) is 0 Å². The van der Waals surface area contributed by atoms with Crippen LogP contribution in [0.15, 0.2) is 42.5 Å². The summed E-state index contributed by atoms with van der Waals surface area (Å²) in [5.41, 5.74) is 1.80. The van der Waals surface area contributed by atoms with E-state index < -0.39 is 0 Å². The van der Waals surface area contributed by atoms with Crippen molar-refractivity contribution in [2.45, 2.75) is 33.8 Å². The number of benzene rings is 2. The smallest absolute Gasteiger partial charge is 0.198 e. The van der Waals surface area contributed by atoms with Gasteiger partial charge in [0.1, 0.15) is 12.5 Å². The fraction of sp³-hybridized carbons (Fsp3) is 0.300. The van der Waals surface area contributed by atoms with Gasteiger partial charge >= 0.3 is 0 Å². The summed E-state index contributed by atoms with van der Waals surface area (Å²) in [5, 5.41) is 3.54. The third kappa shape index (κ3) is 6.59. The largest absolute Gasteiger partial charge is 0.490 e. The van der Waals surface area contributed by atoms with Crippen LogP contribution in [0.2, 0.25) is 5.02 Å². The molecule has 4 nitrogen and oxygen atoms in total. The van der Waals surface area contributed by atoms with Crippen LogP contribution in [-0.2, 0) is 4.79 Å². The van der Waals surface area contributed by atoms with Crippen molar-refractivity contribution < 1.29 is 14.3 Å². The van der Waals surface area contributed by atoms with Crippen LogP contribution in [0.5, 0.6) is 5.75 Å². The minimum absolute atomic E-state index is 0.00193. The van der Waals surface area contributed by atoms with E-state index >= 15 is 0 Å². The number of ether oxygens (including phenoxy) is 1. The third-order valence-corrected chi connectivity index (χ3v) is 3.23. The summed E-state index contributed by atoms with van der Waals surface area (Å²) in [6.45, 7) is 9.86. The van der Waals surface area contributed by atoms with Crippen molar-refractivity contribution in [1.82, 2.24) is 0 Å². The van der Waals surface area contributed by atoms with Gasteiger partial charge in [-0.15, -0.1) is 0 Å². The maximum Gasteiger partial charge on any atom is 0.198 e. The fourth-order valence-electron chi connectivity index (χ4n) is 2.08. The molecule has 0 bridgehead atoms. The first-order valence-corrected chi connectivity index (χ1v) is 8.47. The summed E-state index contributed by atoms with van der Waals surface area (Å²) in [4.78, 5) is 20.8. The van der Waals surface area contributed by atoms with Gasteiger partial charge < -0.3 is 14.8 Å². The van der Waals surface area contributed by atoms with Crippen LogP contribution in [0.3, 0.4) is 0 Å². The van der Waals surface area contributed by atoms with Crippen molar-refractivity contribution >= 4 is 29.9 Å². The zero-order valence-corrected chi connectivity index (χ0v) is 16.2. The average molecular weight is 364 g/mol. The molecule has 0 aromatic heterocycles. The van der Waals surface area contributed by atoms with Crippen LogP contribution < -0.4 is 10.1 Å². The Morgan fingerprint density at radius 2 is 1.68 bits per heavy atom. The highest BCUT2D eigenvalue weighted by Gasteiger charge is 2.18. The van der Waals surface area contributed by atoms with Gasteiger partial charge in [-0.1, -0.05) is 37.6 Å². The number of nitrogens with one attached hydrogen (secondary N) is 1. The van der Waals surface area contributed by atoms with E-state index in [-0.39, 0.29) is 11.9 Å². The highest BCUT2D eigenvalue weighted by atomic mass is 35.5. The number of ketones is 1. The molecule has 0 unspecified atom stereocenters. The first-order chi connectivity index (χ1) is 12.0. The zero-order valence-electron chi connectivity index (χ0n) is 15.4. The molecule has 2 aromatic rings. The van der Waals surface area contributed by atoms with Gasteiger partial charge in [-0.3, -0.25) is 4.79 Å². The Morgan fingerprint density at radius 1 is 1.08 bits per heavy atom. The first kappa shape index (κ1) is 22.7. The van der Waals surface area contributed by atoms with Crippen molar-refractivity contribution in [2.75, 3.05) is 12.4 Å². The van der Waals surface area contributed by atoms with E-state index in [1.54, 1.807) is 37.4 Å². The molecule has 2 aromatic carbocycles. The van der Waals surface area contributed by atoms with Gasteiger partial charge in [0.15, 0.2) is 5.78 Å². The summed E-state index contributed by atoms with van der Waals surface area (Å²) in [7, 11) is 1.77. The maximum absolute atomic E-state index is 12.8. The second-order valence-electron chi connectivity index (χ2n) is 4.93. The van der Waals surface area contributed by atoms with Gasteiger partial charge in [0.2, 0.25) is 0 Å². The second-order valence-corrected chi connectivity index (χ2v) is 5.37. The lowest BCUT2D eigenvalue weighted by atomic mass is 10.0. The summed E-state index contributed by atoms with van der Waals surface area (Å²) in [6.07, 6.45) is 0.00193.